The lowest BCUT2D eigenvalue weighted by molar-refractivity contribution is -0.152. The van der Waals surface area contributed by atoms with Crippen molar-refractivity contribution in [1.29, 1.82) is 0 Å². The molecule has 2 atom stereocenters. The van der Waals surface area contributed by atoms with E-state index in [-0.39, 0.29) is 18.2 Å². The first-order valence-corrected chi connectivity index (χ1v) is 6.69. The third-order valence-corrected chi connectivity index (χ3v) is 3.98. The summed E-state index contributed by atoms with van der Waals surface area (Å²) in [4.78, 5) is 21.9. The van der Waals surface area contributed by atoms with Crippen LogP contribution >= 0.6 is 0 Å². The summed E-state index contributed by atoms with van der Waals surface area (Å²) in [5, 5.41) is 3.22. The van der Waals surface area contributed by atoms with Crippen LogP contribution in [0.15, 0.2) is 18.6 Å². The number of piperidine rings is 1. The van der Waals surface area contributed by atoms with Crippen molar-refractivity contribution in [2.75, 3.05) is 19.6 Å². The van der Waals surface area contributed by atoms with E-state index in [2.05, 4.69) is 15.3 Å². The highest BCUT2D eigenvalue weighted by molar-refractivity contribution is 5.87. The number of aromatic nitrogens is 2. The minimum atomic E-state index is -1.98. The molecule has 19 heavy (non-hydrogen) atoms. The second-order valence-corrected chi connectivity index (χ2v) is 5.14. The van der Waals surface area contributed by atoms with E-state index in [9.17, 15) is 4.79 Å². The Bertz CT molecular complexity index is 463. The summed E-state index contributed by atoms with van der Waals surface area (Å²) in [6, 6.07) is 1.61. The van der Waals surface area contributed by atoms with Crippen LogP contribution in [0.1, 0.15) is 25.0 Å². The van der Waals surface area contributed by atoms with E-state index in [1.807, 2.05) is 0 Å². The molecule has 102 valence electrons. The molecule has 0 bridgehead atoms. The summed E-state index contributed by atoms with van der Waals surface area (Å²) in [7, 11) is 0. The normalized spacial score (nSPS) is 31.7. The Morgan fingerprint density at radius 3 is 3.11 bits per heavy atom. The van der Waals surface area contributed by atoms with Gasteiger partial charge in [0.2, 0.25) is 5.67 Å². The number of nitrogens with one attached hydrogen (secondary N) is 1. The van der Waals surface area contributed by atoms with Crippen LogP contribution in [0.2, 0.25) is 0 Å². The fourth-order valence-corrected chi connectivity index (χ4v) is 2.95. The maximum Gasteiger partial charge on any atom is 0.266 e. The molecule has 2 aliphatic heterocycles. The molecule has 3 rings (SSSR count). The maximum atomic E-state index is 15.1. The molecular weight excluding hydrogens is 247 g/mol. The zero-order valence-corrected chi connectivity index (χ0v) is 10.7. The van der Waals surface area contributed by atoms with E-state index in [0.717, 1.165) is 19.5 Å². The van der Waals surface area contributed by atoms with Gasteiger partial charge in [-0.2, -0.15) is 0 Å². The SMILES string of the molecule is O=C1N(C2CCNC2)CCCC1(F)c1ccncn1. The fraction of sp³-hybridized carbons (Fsp3) is 0.615. The van der Waals surface area contributed by atoms with Gasteiger partial charge in [0.1, 0.15) is 6.33 Å². The summed E-state index contributed by atoms with van der Waals surface area (Å²) in [5.74, 6) is -0.439. The lowest BCUT2D eigenvalue weighted by atomic mass is 9.89. The summed E-state index contributed by atoms with van der Waals surface area (Å²) >= 11 is 0. The minimum Gasteiger partial charge on any atom is -0.335 e. The number of hydrogen-bond acceptors (Lipinski definition) is 4. The van der Waals surface area contributed by atoms with Crippen LogP contribution in [-0.4, -0.2) is 46.5 Å². The number of likely N-dealkylation sites (tertiary alicyclic amines) is 1. The smallest absolute Gasteiger partial charge is 0.266 e. The number of hydrogen-bond donors (Lipinski definition) is 1. The predicted octanol–water partition coefficient (Wildman–Crippen LogP) is 0.626. The number of halogens is 1. The van der Waals surface area contributed by atoms with Crippen LogP contribution in [-0.2, 0) is 10.5 Å². The van der Waals surface area contributed by atoms with Gasteiger partial charge in [-0.1, -0.05) is 0 Å². The number of carbonyl (C=O) groups is 1. The van der Waals surface area contributed by atoms with Crippen LogP contribution in [0.5, 0.6) is 0 Å². The molecule has 0 aromatic carbocycles. The Morgan fingerprint density at radius 1 is 1.53 bits per heavy atom. The molecule has 0 saturated carbocycles. The Labute approximate surface area is 111 Å². The third-order valence-electron chi connectivity index (χ3n) is 3.98. The molecule has 6 heteroatoms. The zero-order valence-electron chi connectivity index (χ0n) is 10.7. The zero-order chi connectivity index (χ0) is 13.3. The Balaban J connectivity index is 1.87. The lowest BCUT2D eigenvalue weighted by Crippen LogP contribution is -2.54. The number of carbonyl (C=O) groups excluding carboxylic acids is 1. The standard InChI is InChI=1S/C13H17FN4O/c14-13(11-3-6-16-9-17-11)4-1-7-18(12(13)19)10-2-5-15-8-10/h3,6,9-10,15H,1-2,4-5,7-8H2. The van der Waals surface area contributed by atoms with Crippen LogP contribution in [0.3, 0.4) is 0 Å². The summed E-state index contributed by atoms with van der Waals surface area (Å²) < 4.78 is 15.1. The molecule has 0 spiro atoms. The Hall–Kier alpha value is -1.56. The first-order valence-electron chi connectivity index (χ1n) is 6.69. The first-order chi connectivity index (χ1) is 9.22. The molecule has 1 amide bonds. The molecule has 2 fully saturated rings. The van der Waals surface area contributed by atoms with Crippen molar-refractivity contribution in [1.82, 2.24) is 20.2 Å². The average molecular weight is 264 g/mol. The molecule has 1 aromatic rings. The summed E-state index contributed by atoms with van der Waals surface area (Å²) in [6.07, 6.45) is 4.54. The highest BCUT2D eigenvalue weighted by Gasteiger charge is 2.48. The molecule has 5 nitrogen and oxygen atoms in total. The van der Waals surface area contributed by atoms with E-state index < -0.39 is 11.6 Å². The molecule has 0 radical (unpaired) electrons. The van der Waals surface area contributed by atoms with E-state index in [4.69, 9.17) is 0 Å². The van der Waals surface area contributed by atoms with Crippen LogP contribution in [0, 0.1) is 0 Å². The lowest BCUT2D eigenvalue weighted by Gasteiger charge is -2.39. The topological polar surface area (TPSA) is 58.1 Å². The number of alkyl halides is 1. The molecule has 1 aromatic heterocycles. The largest absolute Gasteiger partial charge is 0.335 e. The molecule has 2 aliphatic rings. The van der Waals surface area contributed by atoms with Gasteiger partial charge in [-0.3, -0.25) is 4.79 Å². The van der Waals surface area contributed by atoms with Gasteiger partial charge in [-0.05, 0) is 31.9 Å². The summed E-state index contributed by atoms with van der Waals surface area (Å²) in [5.41, 5.74) is -1.80. The van der Waals surface area contributed by atoms with E-state index in [1.54, 1.807) is 4.90 Å². The fourth-order valence-electron chi connectivity index (χ4n) is 2.95. The number of rotatable bonds is 2. The second-order valence-electron chi connectivity index (χ2n) is 5.14. The Morgan fingerprint density at radius 2 is 2.42 bits per heavy atom. The number of nitrogens with zero attached hydrogens (tertiary/aromatic N) is 3. The first kappa shape index (κ1) is 12.5. The molecule has 3 heterocycles. The van der Waals surface area contributed by atoms with Gasteiger partial charge in [0.15, 0.2) is 0 Å². The molecule has 1 N–H and O–H groups in total. The number of amides is 1. The van der Waals surface area contributed by atoms with Gasteiger partial charge < -0.3 is 10.2 Å². The molecule has 2 unspecified atom stereocenters. The van der Waals surface area contributed by atoms with Gasteiger partial charge in [0.05, 0.1) is 5.69 Å². The molecule has 0 aliphatic carbocycles. The minimum absolute atomic E-state index is 0.116. The van der Waals surface area contributed by atoms with Gasteiger partial charge >= 0.3 is 0 Å². The summed E-state index contributed by atoms with van der Waals surface area (Å²) in [6.45, 7) is 2.29. The van der Waals surface area contributed by atoms with Crippen LogP contribution < -0.4 is 5.32 Å². The molecule has 2 saturated heterocycles. The average Bonchev–Trinajstić information content (AvgIpc) is 2.97. The van der Waals surface area contributed by atoms with E-state index in [1.165, 1.54) is 18.6 Å². The van der Waals surface area contributed by atoms with E-state index in [0.29, 0.717) is 13.0 Å². The van der Waals surface area contributed by atoms with Crippen molar-refractivity contribution in [3.63, 3.8) is 0 Å². The Kier molecular flexibility index (Phi) is 3.18. The van der Waals surface area contributed by atoms with Crippen molar-refractivity contribution in [2.45, 2.75) is 31.0 Å². The van der Waals surface area contributed by atoms with Gasteiger partial charge in [-0.15, -0.1) is 0 Å². The van der Waals surface area contributed by atoms with Crippen molar-refractivity contribution >= 4 is 5.91 Å². The van der Waals surface area contributed by atoms with Crippen molar-refractivity contribution in [2.24, 2.45) is 0 Å². The second kappa shape index (κ2) is 4.85. The van der Waals surface area contributed by atoms with Crippen LogP contribution in [0.25, 0.3) is 0 Å². The van der Waals surface area contributed by atoms with Crippen molar-refractivity contribution < 1.29 is 9.18 Å². The third kappa shape index (κ3) is 2.10. The van der Waals surface area contributed by atoms with Crippen molar-refractivity contribution in [3.05, 3.63) is 24.3 Å². The van der Waals surface area contributed by atoms with Crippen molar-refractivity contribution in [3.8, 4) is 0 Å². The van der Waals surface area contributed by atoms with Gasteiger partial charge in [0, 0.05) is 25.3 Å². The molecular formula is C13H17FN4O. The monoisotopic (exact) mass is 264 g/mol. The van der Waals surface area contributed by atoms with E-state index >= 15 is 4.39 Å². The maximum absolute atomic E-state index is 15.1. The highest BCUT2D eigenvalue weighted by atomic mass is 19.1. The van der Waals surface area contributed by atoms with Crippen LogP contribution in [0.4, 0.5) is 4.39 Å². The highest BCUT2D eigenvalue weighted by Crippen LogP contribution is 2.36. The van der Waals surface area contributed by atoms with Gasteiger partial charge in [0.25, 0.3) is 5.91 Å². The van der Waals surface area contributed by atoms with Gasteiger partial charge in [-0.25, -0.2) is 14.4 Å². The predicted molar refractivity (Wildman–Crippen MR) is 67.0 cm³/mol. The quantitative estimate of drug-likeness (QED) is 0.851.